The molecule has 4 bridgehead atoms. The zero-order chi connectivity index (χ0) is 23.4. The van der Waals surface area contributed by atoms with Gasteiger partial charge in [-0.25, -0.2) is 15.0 Å². The molecule has 4 heterocycles. The summed E-state index contributed by atoms with van der Waals surface area (Å²) < 4.78 is 7.76. The van der Waals surface area contributed by atoms with Crippen molar-refractivity contribution in [1.82, 2.24) is 24.4 Å². The third-order valence-corrected chi connectivity index (χ3v) is 9.56. The van der Waals surface area contributed by atoms with Gasteiger partial charge in [0, 0.05) is 24.2 Å². The molecular formula is C29H37N5O. The van der Waals surface area contributed by atoms with Crippen molar-refractivity contribution in [3.63, 3.8) is 0 Å². The lowest BCUT2D eigenvalue weighted by molar-refractivity contribution is -0.0480. The molecule has 6 heteroatoms. The highest BCUT2D eigenvalue weighted by Crippen LogP contribution is 2.48. The number of piperidine rings is 2. The molecule has 2 saturated carbocycles. The van der Waals surface area contributed by atoms with Crippen LogP contribution in [0.3, 0.4) is 0 Å². The number of hydrogen-bond donors (Lipinski definition) is 0. The van der Waals surface area contributed by atoms with E-state index in [0.717, 1.165) is 34.9 Å². The number of imidazole rings is 1. The fourth-order valence-electron chi connectivity index (χ4n) is 8.27. The van der Waals surface area contributed by atoms with Crippen molar-refractivity contribution in [2.75, 3.05) is 7.11 Å². The third kappa shape index (κ3) is 3.85. The number of aromatic nitrogens is 4. The molecule has 2 aliphatic carbocycles. The molecule has 35 heavy (non-hydrogen) atoms. The van der Waals surface area contributed by atoms with Crippen LogP contribution in [0, 0.1) is 11.8 Å². The summed E-state index contributed by atoms with van der Waals surface area (Å²) in [6.07, 6.45) is 18.9. The molecule has 0 N–H and O–H groups in total. The van der Waals surface area contributed by atoms with E-state index < -0.39 is 0 Å². The Morgan fingerprint density at radius 2 is 1.51 bits per heavy atom. The number of benzene rings is 1. The van der Waals surface area contributed by atoms with Crippen molar-refractivity contribution in [2.45, 2.75) is 94.8 Å². The second kappa shape index (κ2) is 8.88. The molecule has 2 aromatic heterocycles. The van der Waals surface area contributed by atoms with Crippen molar-refractivity contribution >= 4 is 11.0 Å². The van der Waals surface area contributed by atoms with Gasteiger partial charge in [0.05, 0.1) is 30.5 Å². The largest absolute Gasteiger partial charge is 0.480 e. The number of hydrogen-bond acceptors (Lipinski definition) is 5. The standard InChI is InChI=1S/C29H37N5O/c1-35-28-18-30-26(17-31-28)29-32-25-10-2-3-11-27(25)34(29)24-15-21-8-5-9-22(16-24)33(21)23-13-19-6-4-7-20(12-19)14-23/h2-3,10-11,17-24H,4-9,12-16H2,1H3/t19-,20+,21-,22+,23+,24+. The first-order chi connectivity index (χ1) is 17.3. The Labute approximate surface area is 208 Å². The molecule has 0 radical (unpaired) electrons. The van der Waals surface area contributed by atoms with Gasteiger partial charge < -0.3 is 9.30 Å². The topological polar surface area (TPSA) is 56.1 Å². The first-order valence-electron chi connectivity index (χ1n) is 13.9. The van der Waals surface area contributed by atoms with Gasteiger partial charge in [0.15, 0.2) is 5.82 Å². The Balaban J connectivity index is 1.23. The minimum atomic E-state index is 0.455. The van der Waals surface area contributed by atoms with Gasteiger partial charge in [0.25, 0.3) is 0 Å². The van der Waals surface area contributed by atoms with Gasteiger partial charge in [-0.1, -0.05) is 37.8 Å². The average Bonchev–Trinajstić information content (AvgIpc) is 3.27. The lowest BCUT2D eigenvalue weighted by Crippen LogP contribution is -2.58. The van der Waals surface area contributed by atoms with Gasteiger partial charge in [-0.3, -0.25) is 4.90 Å². The first-order valence-corrected chi connectivity index (χ1v) is 13.9. The molecule has 4 aliphatic rings. The zero-order valence-electron chi connectivity index (χ0n) is 20.9. The maximum Gasteiger partial charge on any atom is 0.232 e. The van der Waals surface area contributed by atoms with Crippen molar-refractivity contribution in [2.24, 2.45) is 11.8 Å². The molecule has 184 valence electrons. The van der Waals surface area contributed by atoms with Gasteiger partial charge in [-0.15, -0.1) is 0 Å². The molecule has 0 unspecified atom stereocenters. The maximum atomic E-state index is 5.25. The summed E-state index contributed by atoms with van der Waals surface area (Å²) in [4.78, 5) is 17.2. The Bertz CT molecular complexity index is 1160. The van der Waals surface area contributed by atoms with E-state index in [1.165, 1.54) is 76.1 Å². The zero-order valence-corrected chi connectivity index (χ0v) is 20.9. The molecular weight excluding hydrogens is 434 g/mol. The van der Waals surface area contributed by atoms with Crippen LogP contribution < -0.4 is 4.74 Å². The van der Waals surface area contributed by atoms with Crippen molar-refractivity contribution in [3.8, 4) is 17.4 Å². The minimum Gasteiger partial charge on any atom is -0.480 e. The molecule has 6 nitrogen and oxygen atoms in total. The number of fused-ring (bicyclic) bond motifs is 5. The van der Waals surface area contributed by atoms with E-state index in [4.69, 9.17) is 9.72 Å². The summed E-state index contributed by atoms with van der Waals surface area (Å²) in [5, 5.41) is 0. The van der Waals surface area contributed by atoms with E-state index in [-0.39, 0.29) is 0 Å². The smallest absolute Gasteiger partial charge is 0.232 e. The van der Waals surface area contributed by atoms with Gasteiger partial charge in [-0.2, -0.15) is 0 Å². The molecule has 2 saturated heterocycles. The van der Waals surface area contributed by atoms with E-state index in [9.17, 15) is 0 Å². The summed E-state index contributed by atoms with van der Waals surface area (Å²) in [7, 11) is 1.63. The molecule has 3 aromatic rings. The lowest BCUT2D eigenvalue weighted by atomic mass is 9.68. The van der Waals surface area contributed by atoms with Crippen LogP contribution in [-0.2, 0) is 0 Å². The van der Waals surface area contributed by atoms with Gasteiger partial charge in [0.2, 0.25) is 5.88 Å². The van der Waals surface area contributed by atoms with Crippen LogP contribution in [0.2, 0.25) is 0 Å². The van der Waals surface area contributed by atoms with Gasteiger partial charge >= 0.3 is 0 Å². The minimum absolute atomic E-state index is 0.455. The van der Waals surface area contributed by atoms with Crippen LogP contribution in [0.5, 0.6) is 5.88 Å². The second-order valence-corrected chi connectivity index (χ2v) is 11.6. The Kier molecular flexibility index (Phi) is 5.53. The summed E-state index contributed by atoms with van der Waals surface area (Å²) in [5.41, 5.74) is 3.10. The van der Waals surface area contributed by atoms with Crippen LogP contribution in [-0.4, -0.2) is 49.7 Å². The second-order valence-electron chi connectivity index (χ2n) is 11.6. The molecule has 1 aromatic carbocycles. The molecule has 6 atom stereocenters. The number of rotatable bonds is 4. The highest BCUT2D eigenvalue weighted by atomic mass is 16.5. The van der Waals surface area contributed by atoms with Crippen molar-refractivity contribution < 1.29 is 4.74 Å². The van der Waals surface area contributed by atoms with Gasteiger partial charge in [0.1, 0.15) is 5.69 Å². The van der Waals surface area contributed by atoms with E-state index in [1.807, 2.05) is 6.20 Å². The first kappa shape index (κ1) is 21.8. The molecule has 0 amide bonds. The molecule has 7 rings (SSSR count). The van der Waals surface area contributed by atoms with Crippen LogP contribution in [0.4, 0.5) is 0 Å². The van der Waals surface area contributed by atoms with Crippen LogP contribution in [0.25, 0.3) is 22.6 Å². The number of nitrogens with zero attached hydrogens (tertiary/aromatic N) is 5. The summed E-state index contributed by atoms with van der Waals surface area (Å²) in [6, 6.07) is 11.3. The van der Waals surface area contributed by atoms with Crippen molar-refractivity contribution in [1.29, 1.82) is 0 Å². The average molecular weight is 472 g/mol. The van der Waals surface area contributed by atoms with Crippen molar-refractivity contribution in [3.05, 3.63) is 36.7 Å². The quantitative estimate of drug-likeness (QED) is 0.465. The van der Waals surface area contributed by atoms with E-state index in [1.54, 1.807) is 13.3 Å². The van der Waals surface area contributed by atoms with E-state index in [0.29, 0.717) is 24.0 Å². The molecule has 2 aliphatic heterocycles. The predicted molar refractivity (Wildman–Crippen MR) is 137 cm³/mol. The normalized spacial score (nSPS) is 33.1. The van der Waals surface area contributed by atoms with Crippen LogP contribution >= 0.6 is 0 Å². The number of methoxy groups -OCH3 is 1. The predicted octanol–water partition coefficient (Wildman–Crippen LogP) is 6.03. The fraction of sp³-hybridized carbons (Fsp3) is 0.621. The number of ether oxygens (including phenoxy) is 1. The Morgan fingerprint density at radius 3 is 2.23 bits per heavy atom. The van der Waals surface area contributed by atoms with Crippen LogP contribution in [0.1, 0.15) is 76.7 Å². The maximum absolute atomic E-state index is 5.25. The SMILES string of the molecule is COc1cnc(-c2nc3ccccc3n2[C@H]2C[C@H]3CCC[C@@H](C2)N3[C@H]2C[C@@H]3CCC[C@@H](C3)C2)cn1. The summed E-state index contributed by atoms with van der Waals surface area (Å²) >= 11 is 0. The van der Waals surface area contributed by atoms with E-state index >= 15 is 0 Å². The monoisotopic (exact) mass is 471 g/mol. The Hall–Kier alpha value is -2.47. The third-order valence-electron chi connectivity index (χ3n) is 9.56. The fourth-order valence-corrected chi connectivity index (χ4v) is 8.27. The summed E-state index contributed by atoms with van der Waals surface area (Å²) in [6.45, 7) is 0. The highest BCUT2D eigenvalue weighted by molar-refractivity contribution is 5.80. The van der Waals surface area contributed by atoms with E-state index in [2.05, 4.69) is 43.7 Å². The van der Waals surface area contributed by atoms with Gasteiger partial charge in [-0.05, 0) is 68.9 Å². The lowest BCUT2D eigenvalue weighted by Gasteiger charge is -2.55. The summed E-state index contributed by atoms with van der Waals surface area (Å²) in [5.74, 6) is 3.47. The van der Waals surface area contributed by atoms with Crippen LogP contribution in [0.15, 0.2) is 36.7 Å². The number of para-hydroxylation sites is 2. The molecule has 4 fully saturated rings. The Morgan fingerprint density at radius 1 is 0.771 bits per heavy atom. The highest BCUT2D eigenvalue weighted by Gasteiger charge is 2.45. The molecule has 0 spiro atoms.